The summed E-state index contributed by atoms with van der Waals surface area (Å²) in [4.78, 5) is 1.44. The zero-order valence-electron chi connectivity index (χ0n) is 27.1. The van der Waals surface area contributed by atoms with E-state index in [2.05, 4.69) is 167 Å². The third kappa shape index (κ3) is 4.34. The molecule has 0 amide bonds. The number of aryl methyl sites for hydroxylation is 3. The van der Waals surface area contributed by atoms with E-state index in [1.807, 2.05) is 11.3 Å². The number of hydrogen-bond donors (Lipinski definition) is 0. The van der Waals surface area contributed by atoms with Gasteiger partial charge in [-0.15, -0.1) is 11.3 Å². The first kappa shape index (κ1) is 29.2. The van der Waals surface area contributed by atoms with Crippen molar-refractivity contribution in [3.63, 3.8) is 0 Å². The second kappa shape index (κ2) is 11.2. The summed E-state index contributed by atoms with van der Waals surface area (Å²) in [6.07, 6.45) is 1.81. The molecule has 0 saturated carbocycles. The van der Waals surface area contributed by atoms with E-state index in [1.165, 1.54) is 81.7 Å². The lowest BCUT2D eigenvalue weighted by Crippen LogP contribution is -2.25. The van der Waals surface area contributed by atoms with Gasteiger partial charge in [0.2, 0.25) is 0 Å². The summed E-state index contributed by atoms with van der Waals surface area (Å²) in [7, 11) is 0. The molecule has 1 spiro atoms. The molecular weight excluding hydrogens is 585 g/mol. The molecule has 0 fully saturated rings. The molecule has 0 unspecified atom stereocenters. The number of hydrogen-bond acceptors (Lipinski definition) is 1. The minimum Gasteiger partial charge on any atom is -0.140 e. The molecule has 0 N–H and O–H groups in total. The average molecular weight is 621 g/mol. The van der Waals surface area contributed by atoms with E-state index in [0.717, 1.165) is 11.1 Å². The Labute approximate surface area is 282 Å². The molecule has 0 nitrogen and oxygen atoms in total. The maximum Gasteiger partial charge on any atom is 0.0725 e. The van der Waals surface area contributed by atoms with Crippen molar-refractivity contribution < 1.29 is 0 Å². The Kier molecular flexibility index (Phi) is 6.97. The molecule has 1 heterocycles. The van der Waals surface area contributed by atoms with Crippen LogP contribution in [0.2, 0.25) is 0 Å². The second-order valence-corrected chi connectivity index (χ2v) is 13.9. The fourth-order valence-corrected chi connectivity index (χ4v) is 9.04. The minimum atomic E-state index is -0.299. The van der Waals surface area contributed by atoms with Crippen LogP contribution in [-0.4, -0.2) is 0 Å². The van der Waals surface area contributed by atoms with Gasteiger partial charge in [0.15, 0.2) is 0 Å². The van der Waals surface area contributed by atoms with Crippen LogP contribution >= 0.6 is 11.3 Å². The Hall–Kier alpha value is -5.24. The van der Waals surface area contributed by atoms with E-state index in [9.17, 15) is 0 Å². The van der Waals surface area contributed by atoms with Gasteiger partial charge in [-0.05, 0) is 116 Å². The Morgan fingerprint density at radius 3 is 1.66 bits per heavy atom. The van der Waals surface area contributed by atoms with Crippen LogP contribution in [0, 0.1) is 20.8 Å². The molecule has 1 heteroatoms. The Morgan fingerprint density at radius 2 is 1.11 bits per heavy atom. The van der Waals surface area contributed by atoms with E-state index < -0.39 is 0 Å². The number of benzene rings is 6. The van der Waals surface area contributed by atoms with Crippen molar-refractivity contribution in [2.75, 3.05) is 0 Å². The van der Waals surface area contributed by atoms with Crippen LogP contribution in [0.5, 0.6) is 0 Å². The summed E-state index contributed by atoms with van der Waals surface area (Å²) in [6, 6.07) is 49.0. The maximum atomic E-state index is 4.09. The summed E-state index contributed by atoms with van der Waals surface area (Å²) < 4.78 is 1.42. The van der Waals surface area contributed by atoms with Crippen LogP contribution in [0.4, 0.5) is 0 Å². The standard InChI is InChI=1S/C35H24.C11H12S/c1-3-23(2)24-16-18-25(19-17-24)26-20-21-30-29-12-6-9-15-33(29)35(34(30)22-26)31-13-7-4-10-27(31)28-11-5-8-14-32(28)35;1-7-5-4-6-10-11(7)8(2)9(3)12-10/h3-22H,1-2H2;4-6H,1-3H3. The SMILES string of the molecule is C=CC(=C)c1ccc(-c2ccc3c(c2)C2(c4ccccc4-c4ccccc42)c2ccccc2-3)cc1.Cc1sc2cccc(C)c2c1C. The monoisotopic (exact) mass is 620 g/mol. The Bertz CT molecular complexity index is 2300. The average Bonchev–Trinajstić information content (AvgIpc) is 3.71. The van der Waals surface area contributed by atoms with Gasteiger partial charge in [0.05, 0.1) is 5.41 Å². The van der Waals surface area contributed by atoms with Gasteiger partial charge in [-0.3, -0.25) is 0 Å². The molecule has 2 aliphatic carbocycles. The molecule has 226 valence electrons. The highest BCUT2D eigenvalue weighted by Crippen LogP contribution is 2.62. The molecule has 2 aliphatic rings. The quantitative estimate of drug-likeness (QED) is 0.172. The predicted octanol–water partition coefficient (Wildman–Crippen LogP) is 12.7. The van der Waals surface area contributed by atoms with Gasteiger partial charge in [-0.25, -0.2) is 0 Å². The highest BCUT2D eigenvalue weighted by Gasteiger charge is 2.51. The topological polar surface area (TPSA) is 0 Å². The van der Waals surface area contributed by atoms with Crippen LogP contribution < -0.4 is 0 Å². The summed E-state index contributed by atoms with van der Waals surface area (Å²) >= 11 is 1.89. The molecule has 0 saturated heterocycles. The van der Waals surface area contributed by atoms with Crippen LogP contribution in [0.15, 0.2) is 153 Å². The lowest BCUT2D eigenvalue weighted by molar-refractivity contribution is 0.794. The highest BCUT2D eigenvalue weighted by atomic mass is 32.1. The number of allylic oxidation sites excluding steroid dienone is 2. The van der Waals surface area contributed by atoms with Gasteiger partial charge in [-0.1, -0.05) is 141 Å². The zero-order valence-corrected chi connectivity index (χ0v) is 27.9. The number of fused-ring (bicyclic) bond motifs is 11. The highest BCUT2D eigenvalue weighted by molar-refractivity contribution is 7.19. The van der Waals surface area contributed by atoms with Crippen molar-refractivity contribution in [1.82, 2.24) is 0 Å². The summed E-state index contributed by atoms with van der Waals surface area (Å²) in [5.74, 6) is 0. The summed E-state index contributed by atoms with van der Waals surface area (Å²) in [5.41, 5.74) is 17.9. The second-order valence-electron chi connectivity index (χ2n) is 12.7. The van der Waals surface area contributed by atoms with Crippen LogP contribution in [0.3, 0.4) is 0 Å². The van der Waals surface area contributed by atoms with Gasteiger partial charge in [0.1, 0.15) is 0 Å². The van der Waals surface area contributed by atoms with E-state index in [4.69, 9.17) is 0 Å². The van der Waals surface area contributed by atoms with Crippen molar-refractivity contribution in [3.05, 3.63) is 197 Å². The molecule has 0 aliphatic heterocycles. The van der Waals surface area contributed by atoms with Crippen molar-refractivity contribution >= 4 is 27.0 Å². The first-order valence-corrected chi connectivity index (χ1v) is 17.1. The molecule has 9 rings (SSSR count). The molecule has 0 atom stereocenters. The smallest absolute Gasteiger partial charge is 0.0725 e. The Balaban J connectivity index is 0.000000227. The lowest BCUT2D eigenvalue weighted by Gasteiger charge is -2.30. The first-order chi connectivity index (χ1) is 22.9. The van der Waals surface area contributed by atoms with Crippen molar-refractivity contribution in [3.8, 4) is 33.4 Å². The van der Waals surface area contributed by atoms with E-state index in [-0.39, 0.29) is 5.41 Å². The van der Waals surface area contributed by atoms with E-state index >= 15 is 0 Å². The van der Waals surface area contributed by atoms with Gasteiger partial charge in [-0.2, -0.15) is 0 Å². The largest absolute Gasteiger partial charge is 0.140 e. The third-order valence-electron chi connectivity index (χ3n) is 10.2. The fourth-order valence-electron chi connectivity index (χ4n) is 7.89. The summed E-state index contributed by atoms with van der Waals surface area (Å²) in [5, 5.41) is 1.46. The molecule has 0 bridgehead atoms. The van der Waals surface area contributed by atoms with Crippen LogP contribution in [-0.2, 0) is 5.41 Å². The maximum absolute atomic E-state index is 4.09. The first-order valence-electron chi connectivity index (χ1n) is 16.2. The fraction of sp³-hybridized carbons (Fsp3) is 0.0870. The molecular formula is C46H36S. The molecule has 47 heavy (non-hydrogen) atoms. The van der Waals surface area contributed by atoms with E-state index in [1.54, 1.807) is 6.08 Å². The molecule has 0 radical (unpaired) electrons. The zero-order chi connectivity index (χ0) is 32.3. The summed E-state index contributed by atoms with van der Waals surface area (Å²) in [6.45, 7) is 14.5. The minimum absolute atomic E-state index is 0.299. The van der Waals surface area contributed by atoms with Crippen LogP contribution in [0.25, 0.3) is 49.0 Å². The van der Waals surface area contributed by atoms with Crippen LogP contribution in [0.1, 0.15) is 43.8 Å². The van der Waals surface area contributed by atoms with Crippen molar-refractivity contribution in [1.29, 1.82) is 0 Å². The normalized spacial score (nSPS) is 12.9. The lowest BCUT2D eigenvalue weighted by atomic mass is 9.70. The van der Waals surface area contributed by atoms with Crippen molar-refractivity contribution in [2.24, 2.45) is 0 Å². The molecule has 7 aromatic rings. The Morgan fingerprint density at radius 1 is 0.574 bits per heavy atom. The van der Waals surface area contributed by atoms with E-state index in [0.29, 0.717) is 0 Å². The molecule has 1 aromatic heterocycles. The van der Waals surface area contributed by atoms with Crippen molar-refractivity contribution in [2.45, 2.75) is 26.2 Å². The van der Waals surface area contributed by atoms with Gasteiger partial charge in [0.25, 0.3) is 0 Å². The van der Waals surface area contributed by atoms with Gasteiger partial charge >= 0.3 is 0 Å². The number of rotatable bonds is 3. The predicted molar refractivity (Wildman–Crippen MR) is 203 cm³/mol. The van der Waals surface area contributed by atoms with Gasteiger partial charge in [0, 0.05) is 9.58 Å². The molecule has 6 aromatic carbocycles. The number of thiophene rings is 1. The van der Waals surface area contributed by atoms with Gasteiger partial charge < -0.3 is 0 Å². The third-order valence-corrected chi connectivity index (χ3v) is 11.4.